The molecule has 2 N–H and O–H groups in total. The minimum absolute atomic E-state index is 0.336. The molecule has 1 aromatic carbocycles. The minimum atomic E-state index is 0.336. The van der Waals surface area contributed by atoms with Gasteiger partial charge < -0.3 is 19.7 Å². The van der Waals surface area contributed by atoms with Crippen LogP contribution in [0, 0.1) is 6.92 Å². The average Bonchev–Trinajstić information content (AvgIpc) is 2.85. The molecule has 0 unspecified atom stereocenters. The summed E-state index contributed by atoms with van der Waals surface area (Å²) in [5.74, 6) is 1.48. The molecule has 5 nitrogen and oxygen atoms in total. The van der Waals surface area contributed by atoms with E-state index in [2.05, 4.69) is 21.1 Å². The van der Waals surface area contributed by atoms with E-state index in [0.29, 0.717) is 25.5 Å². The van der Waals surface area contributed by atoms with Crippen molar-refractivity contribution < 1.29 is 14.0 Å². The number of nitrogens with zero attached hydrogens (tertiary/aromatic N) is 1. The van der Waals surface area contributed by atoms with E-state index < -0.39 is 0 Å². The Labute approximate surface area is 126 Å². The van der Waals surface area contributed by atoms with E-state index in [-0.39, 0.29) is 0 Å². The molecule has 20 heavy (non-hydrogen) atoms. The highest BCUT2D eigenvalue weighted by atomic mass is 79.9. The van der Waals surface area contributed by atoms with Crippen molar-refractivity contribution in [3.63, 3.8) is 0 Å². The number of halogens is 1. The van der Waals surface area contributed by atoms with Gasteiger partial charge in [-0.3, -0.25) is 0 Å². The highest BCUT2D eigenvalue weighted by molar-refractivity contribution is 9.10. The molecule has 0 aliphatic rings. The van der Waals surface area contributed by atoms with Gasteiger partial charge in [-0.1, -0.05) is 21.1 Å². The molecular formula is C14H17BrN2O3. The van der Waals surface area contributed by atoms with E-state index in [0.717, 1.165) is 27.0 Å². The maximum atomic E-state index is 5.83. The number of hydrogen-bond acceptors (Lipinski definition) is 5. The number of benzene rings is 1. The zero-order chi connectivity index (χ0) is 14.5. The summed E-state index contributed by atoms with van der Waals surface area (Å²) in [5.41, 5.74) is 8.46. The zero-order valence-corrected chi connectivity index (χ0v) is 13.1. The Bertz CT molecular complexity index is 584. The maximum Gasteiger partial charge on any atom is 0.162 e. The van der Waals surface area contributed by atoms with Crippen LogP contribution in [-0.2, 0) is 24.5 Å². The summed E-state index contributed by atoms with van der Waals surface area (Å²) in [6.07, 6.45) is 0. The third-order valence-corrected chi connectivity index (χ3v) is 3.25. The topological polar surface area (TPSA) is 70.5 Å². The van der Waals surface area contributed by atoms with Crippen LogP contribution >= 0.6 is 15.9 Å². The Balaban J connectivity index is 2.10. The van der Waals surface area contributed by atoms with Crippen LogP contribution < -0.4 is 10.5 Å². The van der Waals surface area contributed by atoms with Crippen molar-refractivity contribution in [3.8, 4) is 5.75 Å². The minimum Gasteiger partial charge on any atom is -0.487 e. The van der Waals surface area contributed by atoms with Crippen LogP contribution in [0.15, 0.2) is 27.2 Å². The fourth-order valence-electron chi connectivity index (χ4n) is 1.94. The van der Waals surface area contributed by atoms with Crippen molar-refractivity contribution in [1.29, 1.82) is 0 Å². The molecule has 6 heteroatoms. The molecule has 0 aliphatic carbocycles. The second-order valence-corrected chi connectivity index (χ2v) is 5.34. The molecule has 108 valence electrons. The van der Waals surface area contributed by atoms with Crippen LogP contribution in [0.25, 0.3) is 0 Å². The summed E-state index contributed by atoms with van der Waals surface area (Å²) >= 11 is 3.45. The summed E-state index contributed by atoms with van der Waals surface area (Å²) in [5, 5.41) is 3.93. The lowest BCUT2D eigenvalue weighted by atomic mass is 10.1. The Morgan fingerprint density at radius 1 is 1.30 bits per heavy atom. The lowest BCUT2D eigenvalue weighted by Crippen LogP contribution is -2.04. The molecule has 1 aromatic heterocycles. The Kier molecular flexibility index (Phi) is 5.17. The third kappa shape index (κ3) is 3.59. The molecular weight excluding hydrogens is 324 g/mol. The van der Waals surface area contributed by atoms with Gasteiger partial charge in [-0.25, -0.2) is 0 Å². The monoisotopic (exact) mass is 340 g/mol. The second-order valence-electron chi connectivity index (χ2n) is 4.42. The summed E-state index contributed by atoms with van der Waals surface area (Å²) in [6, 6.07) is 5.77. The van der Waals surface area contributed by atoms with Crippen molar-refractivity contribution in [2.24, 2.45) is 5.73 Å². The Morgan fingerprint density at radius 3 is 2.80 bits per heavy atom. The van der Waals surface area contributed by atoms with Crippen LogP contribution in [0.4, 0.5) is 0 Å². The molecule has 0 atom stereocenters. The predicted molar refractivity (Wildman–Crippen MR) is 78.3 cm³/mol. The van der Waals surface area contributed by atoms with E-state index in [1.54, 1.807) is 7.11 Å². The van der Waals surface area contributed by atoms with Crippen LogP contribution in [0.2, 0.25) is 0 Å². The van der Waals surface area contributed by atoms with Gasteiger partial charge in [-0.15, -0.1) is 0 Å². The average molecular weight is 341 g/mol. The normalized spacial score (nSPS) is 10.8. The van der Waals surface area contributed by atoms with Crippen molar-refractivity contribution in [2.75, 3.05) is 7.11 Å². The van der Waals surface area contributed by atoms with Gasteiger partial charge in [-0.2, -0.15) is 0 Å². The zero-order valence-electron chi connectivity index (χ0n) is 11.5. The molecule has 0 bridgehead atoms. The fourth-order valence-corrected chi connectivity index (χ4v) is 2.56. The van der Waals surface area contributed by atoms with Gasteiger partial charge >= 0.3 is 0 Å². The number of ether oxygens (including phenoxy) is 2. The maximum absolute atomic E-state index is 5.83. The molecule has 0 radical (unpaired) electrons. The predicted octanol–water partition coefficient (Wildman–Crippen LogP) is 2.93. The molecule has 2 aromatic rings. The number of nitrogens with two attached hydrogens (primary N) is 1. The van der Waals surface area contributed by atoms with Crippen molar-refractivity contribution in [1.82, 2.24) is 5.16 Å². The smallest absolute Gasteiger partial charge is 0.162 e. The number of aromatic nitrogens is 1. The van der Waals surface area contributed by atoms with Gasteiger partial charge in [0.05, 0.1) is 0 Å². The second kappa shape index (κ2) is 6.88. The van der Waals surface area contributed by atoms with Crippen LogP contribution in [-0.4, -0.2) is 12.3 Å². The van der Waals surface area contributed by atoms with Crippen molar-refractivity contribution in [2.45, 2.75) is 26.7 Å². The molecule has 0 fully saturated rings. The standard InChI is InChI=1S/C14H17BrN2O3/c1-9-3-11(15)4-10(6-16)14(9)19-7-12-5-13(8-18-2)20-17-12/h3-5H,6-8,16H2,1-2H3. The van der Waals surface area contributed by atoms with Crippen molar-refractivity contribution in [3.05, 3.63) is 45.3 Å². The first-order valence-electron chi connectivity index (χ1n) is 6.19. The van der Waals surface area contributed by atoms with Gasteiger partial charge in [0.1, 0.15) is 24.7 Å². The van der Waals surface area contributed by atoms with Crippen LogP contribution in [0.5, 0.6) is 5.75 Å². The molecule has 0 spiro atoms. The lowest BCUT2D eigenvalue weighted by molar-refractivity contribution is 0.155. The SMILES string of the molecule is COCc1cc(COc2c(C)cc(Br)cc2CN)no1. The molecule has 2 rings (SSSR count). The first kappa shape index (κ1) is 15.0. The van der Waals surface area contributed by atoms with Crippen molar-refractivity contribution >= 4 is 15.9 Å². The van der Waals surface area contributed by atoms with Crippen LogP contribution in [0.1, 0.15) is 22.6 Å². The highest BCUT2D eigenvalue weighted by Gasteiger charge is 2.10. The van der Waals surface area contributed by atoms with Gasteiger partial charge in [0, 0.05) is 29.8 Å². The molecule has 0 amide bonds. The van der Waals surface area contributed by atoms with E-state index in [1.807, 2.05) is 25.1 Å². The molecule has 0 saturated heterocycles. The van der Waals surface area contributed by atoms with Gasteiger partial charge in [0.15, 0.2) is 5.76 Å². The highest BCUT2D eigenvalue weighted by Crippen LogP contribution is 2.28. The summed E-state index contributed by atoms with van der Waals surface area (Å²) in [4.78, 5) is 0. The first-order valence-corrected chi connectivity index (χ1v) is 6.98. The third-order valence-electron chi connectivity index (χ3n) is 2.79. The fraction of sp³-hybridized carbons (Fsp3) is 0.357. The number of rotatable bonds is 6. The van der Waals surface area contributed by atoms with E-state index in [4.69, 9.17) is 19.7 Å². The summed E-state index contributed by atoms with van der Waals surface area (Å²) in [6.45, 7) is 3.14. The quantitative estimate of drug-likeness (QED) is 0.875. The van der Waals surface area contributed by atoms with Gasteiger partial charge in [0.2, 0.25) is 0 Å². The van der Waals surface area contributed by atoms with E-state index >= 15 is 0 Å². The summed E-state index contributed by atoms with van der Waals surface area (Å²) < 4.78 is 16.9. The van der Waals surface area contributed by atoms with E-state index in [9.17, 15) is 0 Å². The number of aryl methyl sites for hydroxylation is 1. The van der Waals surface area contributed by atoms with Crippen LogP contribution in [0.3, 0.4) is 0 Å². The molecule has 0 saturated carbocycles. The largest absolute Gasteiger partial charge is 0.487 e. The molecule has 1 heterocycles. The Hall–Kier alpha value is -1.37. The number of hydrogen-bond donors (Lipinski definition) is 1. The van der Waals surface area contributed by atoms with E-state index in [1.165, 1.54) is 0 Å². The first-order chi connectivity index (χ1) is 9.63. The van der Waals surface area contributed by atoms with Gasteiger partial charge in [0.25, 0.3) is 0 Å². The molecule has 0 aliphatic heterocycles. The summed E-state index contributed by atoms with van der Waals surface area (Å²) in [7, 11) is 1.61. The number of methoxy groups -OCH3 is 1. The Morgan fingerprint density at radius 2 is 2.10 bits per heavy atom. The van der Waals surface area contributed by atoms with Gasteiger partial charge in [-0.05, 0) is 24.6 Å². The lowest BCUT2D eigenvalue weighted by Gasteiger charge is -2.13.